The highest BCUT2D eigenvalue weighted by Crippen LogP contribution is 2.27. The lowest BCUT2D eigenvalue weighted by atomic mass is 9.95. The number of allylic oxidation sites excluding steroid dienone is 4. The molecule has 2 aromatic carbocycles. The van der Waals surface area contributed by atoms with E-state index < -0.39 is 17.4 Å². The van der Waals surface area contributed by atoms with Crippen LogP contribution in [0.1, 0.15) is 98.6 Å². The number of carboxylic acid groups (broad SMARTS) is 1. The van der Waals surface area contributed by atoms with Gasteiger partial charge in [-0.15, -0.1) is 0 Å². The topological polar surface area (TPSA) is 68.1 Å². The van der Waals surface area contributed by atoms with E-state index in [1.807, 2.05) is 49.5 Å². The lowest BCUT2D eigenvalue weighted by Crippen LogP contribution is -2.37. The van der Waals surface area contributed by atoms with E-state index in [1.165, 1.54) is 25.0 Å². The summed E-state index contributed by atoms with van der Waals surface area (Å²) in [7, 11) is 0. The molecule has 1 unspecified atom stereocenters. The highest BCUT2D eigenvalue weighted by Gasteiger charge is 2.29. The fourth-order valence-electron chi connectivity index (χ4n) is 3.71. The molecule has 0 aromatic heterocycles. The summed E-state index contributed by atoms with van der Waals surface area (Å²) in [6, 6.07) is 15.1. The maximum absolute atomic E-state index is 13.0. The third-order valence-electron chi connectivity index (χ3n) is 6.08. The molecule has 5 nitrogen and oxygen atoms in total. The van der Waals surface area contributed by atoms with Gasteiger partial charge >= 0.3 is 5.97 Å². The van der Waals surface area contributed by atoms with E-state index in [0.29, 0.717) is 11.5 Å². The first-order valence-corrected chi connectivity index (χ1v) is 14.1. The minimum absolute atomic E-state index is 0.254. The zero-order chi connectivity index (χ0) is 30.3. The van der Waals surface area contributed by atoms with Crippen molar-refractivity contribution in [1.82, 2.24) is 0 Å². The fourth-order valence-corrected chi connectivity index (χ4v) is 3.71. The third kappa shape index (κ3) is 13.1. The van der Waals surface area contributed by atoms with Crippen molar-refractivity contribution in [3.05, 3.63) is 83.1 Å². The zero-order valence-electron chi connectivity index (χ0n) is 25.8. The van der Waals surface area contributed by atoms with Gasteiger partial charge in [0, 0.05) is 31.7 Å². The van der Waals surface area contributed by atoms with Gasteiger partial charge in [-0.25, -0.2) is 4.79 Å². The van der Waals surface area contributed by atoms with Gasteiger partial charge in [-0.2, -0.15) is 4.39 Å². The van der Waals surface area contributed by atoms with E-state index >= 15 is 0 Å². The number of aliphatic carboxylic acids is 1. The number of ether oxygens (including phenoxy) is 2. The molecule has 1 atom stereocenters. The van der Waals surface area contributed by atoms with E-state index in [0.717, 1.165) is 36.9 Å². The van der Waals surface area contributed by atoms with Crippen LogP contribution in [-0.4, -0.2) is 28.7 Å². The van der Waals surface area contributed by atoms with Gasteiger partial charge < -0.3 is 14.6 Å². The van der Waals surface area contributed by atoms with Gasteiger partial charge in [0.05, 0.1) is 0 Å². The smallest absolute Gasteiger partial charge is 0.347 e. The molecule has 1 N–H and O–H groups in total. The molecular weight excluding hydrogens is 505 g/mol. The second kappa shape index (κ2) is 16.6. The first-order chi connectivity index (χ1) is 18.7. The Kier molecular flexibility index (Phi) is 14.4. The molecule has 0 amide bonds. The molecule has 40 heavy (non-hydrogen) atoms. The predicted octanol–water partition coefficient (Wildman–Crippen LogP) is 9.48. The van der Waals surface area contributed by atoms with Crippen molar-refractivity contribution in [2.75, 3.05) is 0 Å². The molecule has 0 heterocycles. The number of rotatable bonds is 13. The van der Waals surface area contributed by atoms with Crippen LogP contribution in [0.2, 0.25) is 0 Å². The predicted molar refractivity (Wildman–Crippen MR) is 164 cm³/mol. The molecule has 6 heteroatoms. The van der Waals surface area contributed by atoms with Gasteiger partial charge in [-0.3, -0.25) is 4.99 Å². The van der Waals surface area contributed by atoms with Gasteiger partial charge in [-0.1, -0.05) is 64.1 Å². The number of nitrogens with zero attached hydrogens (tertiary/aromatic N) is 1. The Labute approximate surface area is 240 Å². The van der Waals surface area contributed by atoms with Gasteiger partial charge in [0.15, 0.2) is 5.60 Å². The van der Waals surface area contributed by atoms with Crippen LogP contribution < -0.4 is 9.47 Å². The van der Waals surface area contributed by atoms with E-state index in [-0.39, 0.29) is 5.92 Å². The Morgan fingerprint density at radius 2 is 1.50 bits per heavy atom. The Balaban J connectivity index is 0.000000512. The second-order valence-electron chi connectivity index (χ2n) is 10.6. The lowest BCUT2D eigenvalue weighted by Gasteiger charge is -2.22. The summed E-state index contributed by atoms with van der Waals surface area (Å²) in [6.07, 6.45) is 10.3. The molecule has 0 fully saturated rings. The summed E-state index contributed by atoms with van der Waals surface area (Å²) in [4.78, 5) is 15.8. The van der Waals surface area contributed by atoms with Gasteiger partial charge in [0.2, 0.25) is 5.85 Å². The van der Waals surface area contributed by atoms with Crippen LogP contribution >= 0.6 is 0 Å². The van der Waals surface area contributed by atoms with E-state index in [9.17, 15) is 14.3 Å². The third-order valence-corrected chi connectivity index (χ3v) is 6.08. The van der Waals surface area contributed by atoms with Crippen LogP contribution in [0.3, 0.4) is 0 Å². The minimum atomic E-state index is -1.60. The number of carboxylic acids is 1. The number of carbonyl (C=O) groups is 1. The normalized spacial score (nSPS) is 13.4. The Morgan fingerprint density at radius 1 is 0.950 bits per heavy atom. The Bertz CT molecular complexity index is 1120. The number of benzene rings is 2. The summed E-state index contributed by atoms with van der Waals surface area (Å²) < 4.78 is 23.6. The standard InChI is InChI=1S/C23H33NO3.C11H15FO/c1-7-10-18(8-2)16-24-17(4)15-19(9-3)20-11-13-21(14-12-20)27-23(5,6)22(25)26;1-4-9-5-7-10(8-6-9)13-11(2,3)12/h10-16,19H,7-9H2,1-6H3,(H,25,26);5-8H,4H2,1-3H3/b17-15+,18-10-,24-16-;. The molecule has 0 spiro atoms. The largest absolute Gasteiger partial charge is 0.478 e. The summed E-state index contributed by atoms with van der Waals surface area (Å²) >= 11 is 0. The fraction of sp³-hybridized carbons (Fsp3) is 0.471. The summed E-state index contributed by atoms with van der Waals surface area (Å²) in [5, 5.41) is 9.17. The molecule has 2 rings (SSSR count). The van der Waals surface area contributed by atoms with Crippen LogP contribution in [0.15, 0.2) is 76.9 Å². The van der Waals surface area contributed by atoms with E-state index in [2.05, 4.69) is 44.8 Å². The van der Waals surface area contributed by atoms with Crippen LogP contribution in [-0.2, 0) is 11.2 Å². The average Bonchev–Trinajstić information content (AvgIpc) is 2.90. The Hall–Kier alpha value is -3.41. The van der Waals surface area contributed by atoms with Crippen molar-refractivity contribution in [2.24, 2.45) is 4.99 Å². The molecule has 220 valence electrons. The Morgan fingerprint density at radius 3 is 1.95 bits per heavy atom. The van der Waals surface area contributed by atoms with Crippen molar-refractivity contribution >= 4 is 12.2 Å². The SMILES string of the molecule is CC\C=C(/C=N\C(C)=C\C(CC)c1ccc(OC(C)(C)C(=O)O)cc1)CC.CCc1ccc(OC(C)(C)F)cc1. The molecule has 0 saturated carbocycles. The maximum atomic E-state index is 13.0. The summed E-state index contributed by atoms with van der Waals surface area (Å²) in [5.74, 6) is -1.21. The highest BCUT2D eigenvalue weighted by atomic mass is 19.2. The number of halogens is 1. The first kappa shape index (κ1) is 34.6. The van der Waals surface area contributed by atoms with Crippen LogP contribution in [0.5, 0.6) is 11.5 Å². The molecule has 0 radical (unpaired) electrons. The van der Waals surface area contributed by atoms with Crippen LogP contribution in [0.4, 0.5) is 4.39 Å². The second-order valence-corrected chi connectivity index (χ2v) is 10.6. The molecule has 0 aliphatic rings. The summed E-state index contributed by atoms with van der Waals surface area (Å²) in [6.45, 7) is 16.4. The van der Waals surface area contributed by atoms with Crippen molar-refractivity contribution in [2.45, 2.75) is 105 Å². The quantitative estimate of drug-likeness (QED) is 0.251. The minimum Gasteiger partial charge on any atom is -0.478 e. The van der Waals surface area contributed by atoms with E-state index in [1.54, 1.807) is 26.0 Å². The number of alkyl halides is 1. The van der Waals surface area contributed by atoms with Gasteiger partial charge in [0.1, 0.15) is 11.5 Å². The molecule has 2 aromatic rings. The molecule has 0 aliphatic heterocycles. The zero-order valence-corrected chi connectivity index (χ0v) is 25.8. The van der Waals surface area contributed by atoms with Gasteiger partial charge in [0.25, 0.3) is 0 Å². The first-order valence-electron chi connectivity index (χ1n) is 14.1. The van der Waals surface area contributed by atoms with Crippen molar-refractivity contribution in [3.63, 3.8) is 0 Å². The maximum Gasteiger partial charge on any atom is 0.347 e. The average molecular weight is 554 g/mol. The lowest BCUT2D eigenvalue weighted by molar-refractivity contribution is -0.152. The van der Waals surface area contributed by atoms with E-state index in [4.69, 9.17) is 9.47 Å². The van der Waals surface area contributed by atoms with Crippen LogP contribution in [0, 0.1) is 0 Å². The van der Waals surface area contributed by atoms with Crippen molar-refractivity contribution < 1.29 is 23.8 Å². The highest BCUT2D eigenvalue weighted by molar-refractivity contribution is 5.79. The summed E-state index contributed by atoms with van der Waals surface area (Å²) in [5.41, 5.74) is 3.38. The number of aryl methyl sites for hydroxylation is 1. The van der Waals surface area contributed by atoms with Crippen LogP contribution in [0.25, 0.3) is 0 Å². The monoisotopic (exact) mass is 553 g/mol. The molecule has 0 saturated heterocycles. The number of aliphatic imine (C=N–C) groups is 1. The van der Waals surface area contributed by atoms with Crippen molar-refractivity contribution in [1.29, 1.82) is 0 Å². The molecule has 0 bridgehead atoms. The van der Waals surface area contributed by atoms with Gasteiger partial charge in [-0.05, 0) is 87.4 Å². The number of hydrogen-bond acceptors (Lipinski definition) is 4. The van der Waals surface area contributed by atoms with Crippen molar-refractivity contribution in [3.8, 4) is 11.5 Å². The molecular formula is C34H48FNO4. The molecule has 0 aliphatic carbocycles. The number of hydrogen-bond donors (Lipinski definition) is 1.